The van der Waals surface area contributed by atoms with E-state index in [2.05, 4.69) is 0 Å². The molecule has 2 aromatic carbocycles. The second kappa shape index (κ2) is 4.73. The van der Waals surface area contributed by atoms with Gasteiger partial charge in [-0.05, 0) is 22.9 Å². The number of carbonyl (C=O) groups excluding carboxylic acids is 1. The van der Waals surface area contributed by atoms with Gasteiger partial charge in [-0.25, -0.2) is 0 Å². The van der Waals surface area contributed by atoms with Gasteiger partial charge in [0.25, 0.3) is 0 Å². The molecule has 0 fully saturated rings. The van der Waals surface area contributed by atoms with Crippen molar-refractivity contribution in [3.63, 3.8) is 0 Å². The molecule has 3 rings (SSSR count). The first kappa shape index (κ1) is 11.7. The highest BCUT2D eigenvalue weighted by Gasteiger charge is 2.15. The number of fused-ring (bicyclic) bond motifs is 1. The number of carbonyl (C=O) groups is 1. The first-order valence-electron chi connectivity index (χ1n) is 6.41. The van der Waals surface area contributed by atoms with Crippen molar-refractivity contribution < 1.29 is 9.21 Å². The van der Waals surface area contributed by atoms with Crippen LogP contribution >= 0.6 is 0 Å². The minimum atomic E-state index is -0.0588. The zero-order valence-corrected chi connectivity index (χ0v) is 10.7. The maximum absolute atomic E-state index is 12.5. The van der Waals surface area contributed by atoms with Crippen molar-refractivity contribution in [1.82, 2.24) is 0 Å². The summed E-state index contributed by atoms with van der Waals surface area (Å²) >= 11 is 0. The topological polar surface area (TPSA) is 30.2 Å². The van der Waals surface area contributed by atoms with Crippen LogP contribution in [0.15, 0.2) is 59.0 Å². The van der Waals surface area contributed by atoms with E-state index in [-0.39, 0.29) is 5.78 Å². The van der Waals surface area contributed by atoms with Crippen molar-refractivity contribution in [1.29, 1.82) is 0 Å². The number of aryl methyl sites for hydroxylation is 1. The summed E-state index contributed by atoms with van der Waals surface area (Å²) in [6, 6.07) is 17.3. The Morgan fingerprint density at radius 3 is 2.58 bits per heavy atom. The Morgan fingerprint density at radius 2 is 1.79 bits per heavy atom. The monoisotopic (exact) mass is 250 g/mol. The Morgan fingerprint density at radius 1 is 1.00 bits per heavy atom. The van der Waals surface area contributed by atoms with E-state index in [0.717, 1.165) is 23.0 Å². The van der Waals surface area contributed by atoms with Crippen LogP contribution in [-0.4, -0.2) is 5.78 Å². The molecule has 0 N–H and O–H groups in total. The molecule has 0 amide bonds. The van der Waals surface area contributed by atoms with Crippen molar-refractivity contribution in [3.8, 4) is 0 Å². The maximum Gasteiger partial charge on any atom is 0.228 e. The van der Waals surface area contributed by atoms with Crippen molar-refractivity contribution in [3.05, 3.63) is 71.7 Å². The van der Waals surface area contributed by atoms with Crippen molar-refractivity contribution in [2.75, 3.05) is 0 Å². The molecule has 1 aromatic heterocycles. The quantitative estimate of drug-likeness (QED) is 0.651. The van der Waals surface area contributed by atoms with Gasteiger partial charge in [-0.2, -0.15) is 0 Å². The largest absolute Gasteiger partial charge is 0.458 e. The lowest BCUT2D eigenvalue weighted by molar-refractivity contribution is 0.101. The van der Waals surface area contributed by atoms with E-state index in [4.69, 9.17) is 4.42 Å². The van der Waals surface area contributed by atoms with Crippen molar-refractivity contribution in [2.45, 2.75) is 13.3 Å². The van der Waals surface area contributed by atoms with Gasteiger partial charge in [-0.1, -0.05) is 49.4 Å². The highest BCUT2D eigenvalue weighted by molar-refractivity contribution is 6.15. The molecule has 0 unspecified atom stereocenters. The summed E-state index contributed by atoms with van der Waals surface area (Å²) in [5.74, 6) is 1.19. The van der Waals surface area contributed by atoms with Crippen LogP contribution in [0.1, 0.15) is 28.8 Å². The first-order valence-corrected chi connectivity index (χ1v) is 6.41. The van der Waals surface area contributed by atoms with Gasteiger partial charge in [0.2, 0.25) is 5.78 Å². The lowest BCUT2D eigenvalue weighted by Gasteiger charge is -2.03. The van der Waals surface area contributed by atoms with E-state index in [1.165, 1.54) is 0 Å². The molecule has 2 heteroatoms. The van der Waals surface area contributed by atoms with Crippen LogP contribution in [0.3, 0.4) is 0 Å². The third-order valence-electron chi connectivity index (χ3n) is 3.27. The van der Waals surface area contributed by atoms with Crippen LogP contribution in [0.4, 0.5) is 0 Å². The summed E-state index contributed by atoms with van der Waals surface area (Å²) in [5.41, 5.74) is 0.690. The second-order valence-electron chi connectivity index (χ2n) is 4.48. The standard InChI is InChI=1S/C17H14O2/c1-2-13-10-11-16(19-13)17(18)15-9-5-7-12-6-3-4-8-14(12)15/h3-11H,2H2,1H3. The van der Waals surface area contributed by atoms with E-state index in [0.29, 0.717) is 11.3 Å². The Balaban J connectivity index is 2.11. The Kier molecular flexibility index (Phi) is 2.92. The van der Waals surface area contributed by atoms with E-state index in [1.54, 1.807) is 6.07 Å². The molecule has 94 valence electrons. The Labute approximate surface area is 111 Å². The van der Waals surface area contributed by atoms with E-state index in [1.807, 2.05) is 55.5 Å². The predicted octanol–water partition coefficient (Wildman–Crippen LogP) is 4.23. The summed E-state index contributed by atoms with van der Waals surface area (Å²) in [6.07, 6.45) is 0.794. The van der Waals surface area contributed by atoms with Gasteiger partial charge in [-0.15, -0.1) is 0 Å². The van der Waals surface area contributed by atoms with Crippen LogP contribution in [0.5, 0.6) is 0 Å². The molecule has 0 saturated heterocycles. The third-order valence-corrected chi connectivity index (χ3v) is 3.27. The Bertz CT molecular complexity index is 732. The SMILES string of the molecule is CCc1ccc(C(=O)c2cccc3ccccc23)o1. The normalized spacial score (nSPS) is 10.8. The van der Waals surface area contributed by atoms with Crippen LogP contribution in [-0.2, 0) is 6.42 Å². The molecule has 0 radical (unpaired) electrons. The second-order valence-corrected chi connectivity index (χ2v) is 4.48. The Hall–Kier alpha value is -2.35. The third kappa shape index (κ3) is 2.06. The highest BCUT2D eigenvalue weighted by atomic mass is 16.3. The molecule has 0 bridgehead atoms. The number of benzene rings is 2. The average molecular weight is 250 g/mol. The molecule has 19 heavy (non-hydrogen) atoms. The number of furan rings is 1. The molecular weight excluding hydrogens is 236 g/mol. The lowest BCUT2D eigenvalue weighted by Crippen LogP contribution is -2.00. The first-order chi connectivity index (χ1) is 9.29. The highest BCUT2D eigenvalue weighted by Crippen LogP contribution is 2.22. The maximum atomic E-state index is 12.5. The minimum absolute atomic E-state index is 0.0588. The summed E-state index contributed by atoms with van der Waals surface area (Å²) in [4.78, 5) is 12.5. The molecule has 0 atom stereocenters. The molecule has 0 aliphatic carbocycles. The van der Waals surface area contributed by atoms with Gasteiger partial charge in [0.15, 0.2) is 5.76 Å². The fourth-order valence-corrected chi connectivity index (χ4v) is 2.25. The predicted molar refractivity (Wildman–Crippen MR) is 75.5 cm³/mol. The van der Waals surface area contributed by atoms with Gasteiger partial charge in [0, 0.05) is 12.0 Å². The van der Waals surface area contributed by atoms with Crippen molar-refractivity contribution in [2.24, 2.45) is 0 Å². The zero-order chi connectivity index (χ0) is 13.2. The summed E-state index contributed by atoms with van der Waals surface area (Å²) in [6.45, 7) is 2.00. The molecule has 0 spiro atoms. The number of ketones is 1. The van der Waals surface area contributed by atoms with Crippen molar-refractivity contribution >= 4 is 16.6 Å². The molecule has 3 aromatic rings. The average Bonchev–Trinajstić information content (AvgIpc) is 2.95. The molecule has 0 aliphatic rings. The van der Waals surface area contributed by atoms with Crippen LogP contribution in [0, 0.1) is 0 Å². The molecule has 0 aliphatic heterocycles. The summed E-state index contributed by atoms with van der Waals surface area (Å²) in [7, 11) is 0. The summed E-state index contributed by atoms with van der Waals surface area (Å²) in [5, 5.41) is 2.03. The molecule has 0 saturated carbocycles. The lowest BCUT2D eigenvalue weighted by atomic mass is 10.0. The van der Waals surface area contributed by atoms with Crippen LogP contribution in [0.25, 0.3) is 10.8 Å². The molecular formula is C17H14O2. The zero-order valence-electron chi connectivity index (χ0n) is 10.7. The fraction of sp³-hybridized carbons (Fsp3) is 0.118. The van der Waals surface area contributed by atoms with Crippen LogP contribution < -0.4 is 0 Å². The molecule has 2 nitrogen and oxygen atoms in total. The van der Waals surface area contributed by atoms with E-state index >= 15 is 0 Å². The van der Waals surface area contributed by atoms with Gasteiger partial charge in [0.1, 0.15) is 5.76 Å². The van der Waals surface area contributed by atoms with E-state index < -0.39 is 0 Å². The summed E-state index contributed by atoms with van der Waals surface area (Å²) < 4.78 is 5.55. The van der Waals surface area contributed by atoms with Gasteiger partial charge in [-0.3, -0.25) is 4.79 Å². The number of hydrogen-bond donors (Lipinski definition) is 0. The molecule has 1 heterocycles. The van der Waals surface area contributed by atoms with Gasteiger partial charge in [0.05, 0.1) is 0 Å². The fourth-order valence-electron chi connectivity index (χ4n) is 2.25. The van der Waals surface area contributed by atoms with E-state index in [9.17, 15) is 4.79 Å². The smallest absolute Gasteiger partial charge is 0.228 e. The van der Waals surface area contributed by atoms with Gasteiger partial charge >= 0.3 is 0 Å². The number of rotatable bonds is 3. The number of hydrogen-bond acceptors (Lipinski definition) is 2. The van der Waals surface area contributed by atoms with Crippen LogP contribution in [0.2, 0.25) is 0 Å². The van der Waals surface area contributed by atoms with Gasteiger partial charge < -0.3 is 4.42 Å². The minimum Gasteiger partial charge on any atom is -0.458 e.